The van der Waals surface area contributed by atoms with Crippen molar-refractivity contribution in [2.75, 3.05) is 13.7 Å². The number of methoxy groups -OCH3 is 1. The first-order chi connectivity index (χ1) is 10.1. The molecule has 0 aliphatic heterocycles. The molecule has 0 amide bonds. The second-order valence-corrected chi connectivity index (χ2v) is 6.62. The summed E-state index contributed by atoms with van der Waals surface area (Å²) in [6, 6.07) is 11.1. The van der Waals surface area contributed by atoms with Gasteiger partial charge in [0.2, 0.25) is 0 Å². The van der Waals surface area contributed by atoms with Gasteiger partial charge in [0.25, 0.3) is 0 Å². The average molecular weight is 464 g/mol. The molecule has 0 aromatic heterocycles. The maximum atomic E-state index is 14.6. The van der Waals surface area contributed by atoms with Gasteiger partial charge in [-0.2, -0.15) is 0 Å². The zero-order valence-electron chi connectivity index (χ0n) is 11.8. The number of nitrogens with one attached hydrogen (secondary N) is 1. The summed E-state index contributed by atoms with van der Waals surface area (Å²) in [5.74, 6) is -0.0612. The Hall–Kier alpha value is -0.660. The summed E-state index contributed by atoms with van der Waals surface area (Å²) in [5.41, 5.74) is 1.59. The van der Waals surface area contributed by atoms with Crippen LogP contribution in [0.25, 0.3) is 0 Å². The average Bonchev–Trinajstić information content (AvgIpc) is 2.48. The number of benzene rings is 2. The summed E-state index contributed by atoms with van der Waals surface area (Å²) in [4.78, 5) is 0. The fourth-order valence-electron chi connectivity index (χ4n) is 2.24. The lowest BCUT2D eigenvalue weighted by Gasteiger charge is -2.22. The van der Waals surface area contributed by atoms with E-state index in [1.165, 1.54) is 7.11 Å². The van der Waals surface area contributed by atoms with Gasteiger partial charge in [0, 0.05) is 13.6 Å². The predicted octanol–water partition coefficient (Wildman–Crippen LogP) is 4.90. The number of hydrogen-bond acceptors (Lipinski definition) is 2. The van der Waals surface area contributed by atoms with Crippen molar-refractivity contribution in [3.05, 3.63) is 61.4 Å². The third-order valence-corrected chi connectivity index (χ3v) is 4.59. The van der Waals surface area contributed by atoms with Crippen LogP contribution in [-0.2, 0) is 0 Å². The van der Waals surface area contributed by atoms with Crippen LogP contribution < -0.4 is 10.1 Å². The monoisotopic (exact) mass is 463 g/mol. The molecule has 2 aromatic rings. The van der Waals surface area contributed by atoms with E-state index in [9.17, 15) is 4.39 Å². The fourth-order valence-corrected chi connectivity index (χ4v) is 3.23. The Labute approximate surface area is 146 Å². The van der Waals surface area contributed by atoms with Crippen LogP contribution in [0.1, 0.15) is 24.1 Å². The van der Waals surface area contributed by atoms with E-state index in [-0.39, 0.29) is 17.6 Å². The lowest BCUT2D eigenvalue weighted by molar-refractivity contribution is 0.381. The van der Waals surface area contributed by atoms with Gasteiger partial charge in [0.1, 0.15) is 0 Å². The molecule has 21 heavy (non-hydrogen) atoms. The van der Waals surface area contributed by atoms with Crippen molar-refractivity contribution in [2.45, 2.75) is 13.0 Å². The molecule has 0 aliphatic rings. The molecule has 2 aromatic carbocycles. The Morgan fingerprint density at radius 1 is 1.29 bits per heavy atom. The molecule has 1 N–H and O–H groups in total. The Morgan fingerprint density at radius 3 is 2.71 bits per heavy atom. The van der Waals surface area contributed by atoms with Crippen LogP contribution in [0.4, 0.5) is 4.39 Å². The molecule has 1 unspecified atom stereocenters. The molecular formula is C16H16BrFINO. The van der Waals surface area contributed by atoms with Crippen molar-refractivity contribution in [1.29, 1.82) is 0 Å². The van der Waals surface area contributed by atoms with Crippen molar-refractivity contribution in [2.24, 2.45) is 0 Å². The van der Waals surface area contributed by atoms with E-state index >= 15 is 0 Å². The van der Waals surface area contributed by atoms with E-state index in [2.05, 4.69) is 49.9 Å². The van der Waals surface area contributed by atoms with Crippen LogP contribution in [0.2, 0.25) is 0 Å². The summed E-state index contributed by atoms with van der Waals surface area (Å²) in [7, 11) is 1.48. The molecule has 0 spiro atoms. The first kappa shape index (κ1) is 16.7. The Balaban J connectivity index is 2.56. The Morgan fingerprint density at radius 2 is 2.05 bits per heavy atom. The number of halogens is 3. The summed E-state index contributed by atoms with van der Waals surface area (Å²) >= 11 is 5.82. The number of rotatable bonds is 5. The van der Waals surface area contributed by atoms with E-state index in [1.807, 2.05) is 25.1 Å². The summed E-state index contributed by atoms with van der Waals surface area (Å²) < 4.78 is 21.7. The highest BCUT2D eigenvalue weighted by Crippen LogP contribution is 2.33. The van der Waals surface area contributed by atoms with E-state index < -0.39 is 0 Å². The molecule has 0 heterocycles. The minimum absolute atomic E-state index is 0.228. The normalized spacial score (nSPS) is 12.2. The lowest BCUT2D eigenvalue weighted by Crippen LogP contribution is -2.23. The zero-order valence-corrected chi connectivity index (χ0v) is 15.5. The quantitative estimate of drug-likeness (QED) is 0.636. The zero-order chi connectivity index (χ0) is 15.4. The van der Waals surface area contributed by atoms with Crippen molar-refractivity contribution < 1.29 is 9.13 Å². The first-order valence-corrected chi connectivity index (χ1v) is 8.46. The molecule has 112 valence electrons. The molecule has 0 saturated heterocycles. The number of ether oxygens (including phenoxy) is 1. The molecule has 0 aliphatic carbocycles. The SMILES string of the molecule is CCNC(c1cc(I)ccc1Br)c1cccc(OC)c1F. The maximum absolute atomic E-state index is 14.6. The first-order valence-electron chi connectivity index (χ1n) is 6.59. The predicted molar refractivity (Wildman–Crippen MR) is 95.3 cm³/mol. The third-order valence-electron chi connectivity index (χ3n) is 3.20. The van der Waals surface area contributed by atoms with Crippen molar-refractivity contribution >= 4 is 38.5 Å². The van der Waals surface area contributed by atoms with Crippen LogP contribution in [-0.4, -0.2) is 13.7 Å². The van der Waals surface area contributed by atoms with E-state index in [0.717, 1.165) is 20.2 Å². The van der Waals surface area contributed by atoms with E-state index in [1.54, 1.807) is 12.1 Å². The minimum atomic E-state index is -0.322. The smallest absolute Gasteiger partial charge is 0.170 e. The van der Waals surface area contributed by atoms with Crippen LogP contribution in [0.15, 0.2) is 40.9 Å². The summed E-state index contributed by atoms with van der Waals surface area (Å²) in [6.45, 7) is 2.74. The standard InChI is InChI=1S/C16H16BrFINO/c1-3-20-16(12-9-10(19)7-8-13(12)17)11-5-4-6-14(21-2)15(11)18/h4-9,16,20H,3H2,1-2H3. The summed E-state index contributed by atoms with van der Waals surface area (Å²) in [5, 5.41) is 3.35. The Bertz CT molecular complexity index is 636. The highest BCUT2D eigenvalue weighted by molar-refractivity contribution is 14.1. The largest absolute Gasteiger partial charge is 0.494 e. The van der Waals surface area contributed by atoms with Gasteiger partial charge in [-0.25, -0.2) is 4.39 Å². The van der Waals surface area contributed by atoms with Crippen LogP contribution >= 0.6 is 38.5 Å². The van der Waals surface area contributed by atoms with Gasteiger partial charge in [-0.15, -0.1) is 0 Å². The molecule has 0 fully saturated rings. The van der Waals surface area contributed by atoms with Crippen molar-refractivity contribution in [3.8, 4) is 5.75 Å². The van der Waals surface area contributed by atoms with Crippen LogP contribution in [0.5, 0.6) is 5.75 Å². The second kappa shape index (κ2) is 7.56. The van der Waals surface area contributed by atoms with Gasteiger partial charge in [-0.3, -0.25) is 0 Å². The summed E-state index contributed by atoms with van der Waals surface area (Å²) in [6.07, 6.45) is 0. The highest BCUT2D eigenvalue weighted by Gasteiger charge is 2.21. The third kappa shape index (κ3) is 3.76. The molecule has 0 radical (unpaired) electrons. The minimum Gasteiger partial charge on any atom is -0.494 e. The van der Waals surface area contributed by atoms with Crippen molar-refractivity contribution in [1.82, 2.24) is 5.32 Å². The van der Waals surface area contributed by atoms with Crippen LogP contribution in [0, 0.1) is 9.39 Å². The molecule has 2 rings (SSSR count). The molecular weight excluding hydrogens is 448 g/mol. The van der Waals surface area contributed by atoms with Gasteiger partial charge in [-0.1, -0.05) is 35.0 Å². The number of hydrogen-bond donors (Lipinski definition) is 1. The second-order valence-electron chi connectivity index (χ2n) is 4.52. The lowest BCUT2D eigenvalue weighted by atomic mass is 9.98. The van der Waals surface area contributed by atoms with Gasteiger partial charge < -0.3 is 10.1 Å². The fraction of sp³-hybridized carbons (Fsp3) is 0.250. The van der Waals surface area contributed by atoms with E-state index in [0.29, 0.717) is 5.56 Å². The molecule has 5 heteroatoms. The highest BCUT2D eigenvalue weighted by atomic mass is 127. The molecule has 1 atom stereocenters. The maximum Gasteiger partial charge on any atom is 0.170 e. The molecule has 0 saturated carbocycles. The van der Waals surface area contributed by atoms with Crippen molar-refractivity contribution in [3.63, 3.8) is 0 Å². The van der Waals surface area contributed by atoms with Gasteiger partial charge in [-0.05, 0) is 59.0 Å². The topological polar surface area (TPSA) is 21.3 Å². The molecule has 0 bridgehead atoms. The van der Waals surface area contributed by atoms with Crippen LogP contribution in [0.3, 0.4) is 0 Å². The van der Waals surface area contributed by atoms with Gasteiger partial charge in [0.15, 0.2) is 11.6 Å². The Kier molecular flexibility index (Phi) is 6.01. The van der Waals surface area contributed by atoms with E-state index in [4.69, 9.17) is 4.74 Å². The molecule has 2 nitrogen and oxygen atoms in total. The van der Waals surface area contributed by atoms with Gasteiger partial charge in [0.05, 0.1) is 13.2 Å². The van der Waals surface area contributed by atoms with Gasteiger partial charge >= 0.3 is 0 Å².